The lowest BCUT2D eigenvalue weighted by Gasteiger charge is -2.32. The Morgan fingerprint density at radius 3 is 2.17 bits per heavy atom. The summed E-state index contributed by atoms with van der Waals surface area (Å²) < 4.78 is 10.7. The molecule has 0 radical (unpaired) electrons. The number of ether oxygens (including phenoxy) is 2. The van der Waals surface area contributed by atoms with Crippen molar-refractivity contribution in [3.05, 3.63) is 95.1 Å². The van der Waals surface area contributed by atoms with Crippen LogP contribution in [0.4, 0.5) is 10.5 Å². The standard InChI is InChI=1S/C32H39N3O5/c1-21-13-14-22(2)26(19-21)28(29(36)33-24-15-17-25(39-7)18-16-24)35(6)30(37)27(20-23-11-9-8-10-12-23)34-31(38)40-32(3,4)5/h8-19,27-28H,20H2,1-7H3,(H,33,36)(H,34,38). The van der Waals surface area contributed by atoms with Crippen LogP contribution in [0.15, 0.2) is 72.8 Å². The number of methoxy groups -OCH3 is 1. The number of nitrogens with one attached hydrogen (secondary N) is 2. The fourth-order valence-corrected chi connectivity index (χ4v) is 4.34. The third-order valence-electron chi connectivity index (χ3n) is 6.34. The van der Waals surface area contributed by atoms with Crippen LogP contribution < -0.4 is 15.4 Å². The largest absolute Gasteiger partial charge is 0.497 e. The van der Waals surface area contributed by atoms with Gasteiger partial charge >= 0.3 is 6.09 Å². The van der Waals surface area contributed by atoms with Gasteiger partial charge in [-0.1, -0.05) is 54.1 Å². The van der Waals surface area contributed by atoms with Gasteiger partial charge in [-0.25, -0.2) is 4.79 Å². The quantitative estimate of drug-likeness (QED) is 0.366. The first-order valence-electron chi connectivity index (χ1n) is 13.2. The second kappa shape index (κ2) is 13.2. The van der Waals surface area contributed by atoms with Crippen LogP contribution in [0, 0.1) is 13.8 Å². The number of alkyl carbamates (subject to hydrolysis) is 1. The number of benzene rings is 3. The molecule has 212 valence electrons. The number of anilines is 1. The second-order valence-corrected chi connectivity index (χ2v) is 10.8. The van der Waals surface area contributed by atoms with Crippen molar-refractivity contribution in [2.45, 2.75) is 58.7 Å². The molecule has 3 rings (SSSR count). The fraction of sp³-hybridized carbons (Fsp3) is 0.344. The number of carbonyl (C=O) groups is 3. The Kier molecular flexibility index (Phi) is 9.93. The zero-order chi connectivity index (χ0) is 29.4. The van der Waals surface area contributed by atoms with Gasteiger partial charge in [-0.2, -0.15) is 0 Å². The topological polar surface area (TPSA) is 97.0 Å². The lowest BCUT2D eigenvalue weighted by atomic mass is 9.96. The van der Waals surface area contributed by atoms with Gasteiger partial charge in [-0.15, -0.1) is 0 Å². The average Bonchev–Trinajstić information content (AvgIpc) is 2.90. The first-order chi connectivity index (χ1) is 18.9. The molecule has 0 bridgehead atoms. The molecule has 8 heteroatoms. The molecule has 0 aliphatic rings. The molecule has 2 unspecified atom stereocenters. The van der Waals surface area contributed by atoms with Gasteiger partial charge in [0, 0.05) is 19.2 Å². The first-order valence-corrected chi connectivity index (χ1v) is 13.2. The van der Waals surface area contributed by atoms with Crippen molar-refractivity contribution in [1.29, 1.82) is 0 Å². The molecule has 3 aromatic rings. The van der Waals surface area contributed by atoms with E-state index in [1.807, 2.05) is 62.4 Å². The summed E-state index contributed by atoms with van der Waals surface area (Å²) in [6, 6.07) is 20.2. The van der Waals surface area contributed by atoms with Crippen molar-refractivity contribution in [2.24, 2.45) is 0 Å². The van der Waals surface area contributed by atoms with Crippen LogP contribution >= 0.6 is 0 Å². The molecule has 3 amide bonds. The molecule has 3 aromatic carbocycles. The van der Waals surface area contributed by atoms with Crippen LogP contribution in [0.25, 0.3) is 0 Å². The number of nitrogens with zero attached hydrogens (tertiary/aromatic N) is 1. The predicted molar refractivity (Wildman–Crippen MR) is 156 cm³/mol. The number of hydrogen-bond donors (Lipinski definition) is 2. The zero-order valence-electron chi connectivity index (χ0n) is 24.3. The van der Waals surface area contributed by atoms with E-state index >= 15 is 0 Å². The minimum absolute atomic E-state index is 0.225. The summed E-state index contributed by atoms with van der Waals surface area (Å²) in [6.45, 7) is 9.11. The lowest BCUT2D eigenvalue weighted by molar-refractivity contribution is -0.139. The van der Waals surface area contributed by atoms with Crippen molar-refractivity contribution in [3.63, 3.8) is 0 Å². The smallest absolute Gasteiger partial charge is 0.408 e. The molecular weight excluding hydrogens is 506 g/mol. The monoisotopic (exact) mass is 545 g/mol. The molecule has 0 saturated heterocycles. The van der Waals surface area contributed by atoms with Crippen LogP contribution in [0.5, 0.6) is 5.75 Å². The van der Waals surface area contributed by atoms with Gasteiger partial charge < -0.3 is 25.0 Å². The van der Waals surface area contributed by atoms with Gasteiger partial charge in [0.05, 0.1) is 7.11 Å². The maximum atomic E-state index is 14.1. The lowest BCUT2D eigenvalue weighted by Crippen LogP contribution is -2.52. The van der Waals surface area contributed by atoms with E-state index in [0.717, 1.165) is 16.7 Å². The maximum Gasteiger partial charge on any atom is 0.408 e. The van der Waals surface area contributed by atoms with Crippen molar-refractivity contribution >= 4 is 23.6 Å². The number of rotatable bonds is 9. The summed E-state index contributed by atoms with van der Waals surface area (Å²) in [5.41, 5.74) is 3.19. The van der Waals surface area contributed by atoms with Crippen LogP contribution in [0.2, 0.25) is 0 Å². The summed E-state index contributed by atoms with van der Waals surface area (Å²) in [4.78, 5) is 42.0. The van der Waals surface area contributed by atoms with Gasteiger partial charge in [0.1, 0.15) is 23.4 Å². The van der Waals surface area contributed by atoms with Gasteiger partial charge in [0.2, 0.25) is 5.91 Å². The van der Waals surface area contributed by atoms with E-state index in [9.17, 15) is 14.4 Å². The maximum absolute atomic E-state index is 14.1. The number of amides is 3. The van der Waals surface area contributed by atoms with Crippen molar-refractivity contribution in [2.75, 3.05) is 19.5 Å². The Labute approximate surface area is 236 Å². The molecule has 8 nitrogen and oxygen atoms in total. The SMILES string of the molecule is COc1ccc(NC(=O)C(c2cc(C)ccc2C)N(C)C(=O)C(Cc2ccccc2)NC(=O)OC(C)(C)C)cc1. The summed E-state index contributed by atoms with van der Waals surface area (Å²) in [7, 11) is 3.15. The van der Waals surface area contributed by atoms with Gasteiger partial charge in [0.25, 0.3) is 5.91 Å². The van der Waals surface area contributed by atoms with Crippen molar-refractivity contribution in [1.82, 2.24) is 10.2 Å². The molecule has 2 N–H and O–H groups in total. The zero-order valence-corrected chi connectivity index (χ0v) is 24.3. The van der Waals surface area contributed by atoms with E-state index < -0.39 is 29.7 Å². The van der Waals surface area contributed by atoms with Crippen LogP contribution in [-0.2, 0) is 20.7 Å². The van der Waals surface area contributed by atoms with E-state index in [2.05, 4.69) is 10.6 Å². The number of aryl methyl sites for hydroxylation is 2. The predicted octanol–water partition coefficient (Wildman–Crippen LogP) is 5.59. The Balaban J connectivity index is 1.97. The Morgan fingerprint density at radius 2 is 1.57 bits per heavy atom. The molecule has 0 saturated carbocycles. The Hall–Kier alpha value is -4.33. The average molecular weight is 546 g/mol. The molecule has 0 fully saturated rings. The second-order valence-electron chi connectivity index (χ2n) is 10.8. The van der Waals surface area contributed by atoms with Gasteiger partial charge in [-0.05, 0) is 75.6 Å². The van der Waals surface area contributed by atoms with Gasteiger partial charge in [0.15, 0.2) is 0 Å². The first kappa shape index (κ1) is 30.2. The summed E-state index contributed by atoms with van der Waals surface area (Å²) in [6.07, 6.45) is -0.482. The molecule has 0 spiro atoms. The fourth-order valence-electron chi connectivity index (χ4n) is 4.34. The van der Waals surface area contributed by atoms with E-state index in [1.54, 1.807) is 59.2 Å². The van der Waals surface area contributed by atoms with Crippen LogP contribution in [-0.4, -0.2) is 48.6 Å². The Bertz CT molecular complexity index is 1320. The molecule has 0 aliphatic heterocycles. The summed E-state index contributed by atoms with van der Waals surface area (Å²) in [5.74, 6) is -0.149. The number of likely N-dealkylation sites (N-methyl/N-ethyl adjacent to an activating group) is 1. The van der Waals surface area contributed by atoms with Crippen molar-refractivity contribution in [3.8, 4) is 5.75 Å². The summed E-state index contributed by atoms with van der Waals surface area (Å²) >= 11 is 0. The van der Waals surface area contributed by atoms with Crippen LogP contribution in [0.1, 0.15) is 49.1 Å². The van der Waals surface area contributed by atoms with Crippen molar-refractivity contribution < 1.29 is 23.9 Å². The Morgan fingerprint density at radius 1 is 0.925 bits per heavy atom. The minimum atomic E-state index is -0.969. The molecule has 40 heavy (non-hydrogen) atoms. The highest BCUT2D eigenvalue weighted by molar-refractivity contribution is 5.99. The third kappa shape index (κ3) is 8.33. The van der Waals surface area contributed by atoms with E-state index in [-0.39, 0.29) is 12.3 Å². The van der Waals surface area contributed by atoms with E-state index in [0.29, 0.717) is 17.0 Å². The molecule has 2 atom stereocenters. The molecule has 0 aromatic heterocycles. The molecule has 0 heterocycles. The third-order valence-corrected chi connectivity index (χ3v) is 6.34. The van der Waals surface area contributed by atoms with Crippen LogP contribution in [0.3, 0.4) is 0 Å². The highest BCUT2D eigenvalue weighted by Gasteiger charge is 2.35. The summed E-state index contributed by atoms with van der Waals surface area (Å²) in [5, 5.41) is 5.67. The minimum Gasteiger partial charge on any atom is -0.497 e. The normalized spacial score (nSPS) is 12.6. The van der Waals surface area contributed by atoms with E-state index in [4.69, 9.17) is 9.47 Å². The number of hydrogen-bond acceptors (Lipinski definition) is 5. The van der Waals surface area contributed by atoms with Gasteiger partial charge in [-0.3, -0.25) is 9.59 Å². The number of carbonyl (C=O) groups excluding carboxylic acids is 3. The highest BCUT2D eigenvalue weighted by Crippen LogP contribution is 2.27. The van der Waals surface area contributed by atoms with E-state index in [1.165, 1.54) is 4.90 Å². The highest BCUT2D eigenvalue weighted by atomic mass is 16.6. The molecular formula is C32H39N3O5. The molecule has 0 aliphatic carbocycles.